The number of ether oxygens (including phenoxy) is 1. The number of hydrogen-bond donors (Lipinski definition) is 0. The zero-order chi connectivity index (χ0) is 17.0. The molecule has 1 saturated heterocycles. The van der Waals surface area contributed by atoms with Crippen LogP contribution >= 0.6 is 0 Å². The number of likely N-dealkylation sites (tertiary alicyclic amines) is 1. The first-order chi connectivity index (χ1) is 10.9. The standard InChI is InChI=1S/C19H30N2O2/c1-14-9-15(2)12-21(11-14)19(22)16(3)20(4)13-17-7-6-8-18(10-17)23-5/h6-8,10,14-16H,9,11-13H2,1-5H3. The first-order valence-electron chi connectivity index (χ1n) is 8.52. The van der Waals surface area contributed by atoms with Crippen molar-refractivity contribution in [2.24, 2.45) is 11.8 Å². The molecular formula is C19H30N2O2. The highest BCUT2D eigenvalue weighted by molar-refractivity contribution is 5.81. The molecule has 1 aromatic rings. The molecule has 23 heavy (non-hydrogen) atoms. The molecule has 0 bridgehead atoms. The van der Waals surface area contributed by atoms with Crippen LogP contribution < -0.4 is 4.74 Å². The van der Waals surface area contributed by atoms with Gasteiger partial charge in [-0.3, -0.25) is 9.69 Å². The average Bonchev–Trinajstić information content (AvgIpc) is 2.52. The molecule has 0 aliphatic carbocycles. The highest BCUT2D eigenvalue weighted by Crippen LogP contribution is 2.22. The summed E-state index contributed by atoms with van der Waals surface area (Å²) in [6, 6.07) is 7.91. The molecule has 1 amide bonds. The van der Waals surface area contributed by atoms with E-state index in [1.807, 2.05) is 37.1 Å². The van der Waals surface area contributed by atoms with Gasteiger partial charge in [0.05, 0.1) is 13.2 Å². The Labute approximate surface area is 140 Å². The van der Waals surface area contributed by atoms with E-state index in [0.717, 1.165) is 30.9 Å². The van der Waals surface area contributed by atoms with E-state index in [-0.39, 0.29) is 11.9 Å². The Bertz CT molecular complexity index is 522. The fourth-order valence-electron chi connectivity index (χ4n) is 3.49. The molecule has 0 spiro atoms. The lowest BCUT2D eigenvalue weighted by molar-refractivity contribution is -0.138. The maximum Gasteiger partial charge on any atom is 0.239 e. The molecule has 0 N–H and O–H groups in total. The van der Waals surface area contributed by atoms with Crippen LogP contribution in [0, 0.1) is 11.8 Å². The Balaban J connectivity index is 1.97. The number of benzene rings is 1. The Morgan fingerprint density at radius 1 is 1.35 bits per heavy atom. The number of likely N-dealkylation sites (N-methyl/N-ethyl adjacent to an activating group) is 1. The summed E-state index contributed by atoms with van der Waals surface area (Å²) in [5.74, 6) is 2.29. The number of methoxy groups -OCH3 is 1. The van der Waals surface area contributed by atoms with E-state index in [1.54, 1.807) is 7.11 Å². The van der Waals surface area contributed by atoms with Crippen LogP contribution in [0.5, 0.6) is 5.75 Å². The number of rotatable bonds is 5. The van der Waals surface area contributed by atoms with Crippen molar-refractivity contribution in [1.29, 1.82) is 0 Å². The zero-order valence-electron chi connectivity index (χ0n) is 15.1. The summed E-state index contributed by atoms with van der Waals surface area (Å²) in [7, 11) is 3.69. The lowest BCUT2D eigenvalue weighted by Gasteiger charge is -2.38. The van der Waals surface area contributed by atoms with E-state index < -0.39 is 0 Å². The Morgan fingerprint density at radius 2 is 2.00 bits per heavy atom. The van der Waals surface area contributed by atoms with Crippen LogP contribution in [-0.4, -0.2) is 49.0 Å². The van der Waals surface area contributed by atoms with Crippen LogP contribution in [-0.2, 0) is 11.3 Å². The van der Waals surface area contributed by atoms with E-state index in [4.69, 9.17) is 4.74 Å². The second-order valence-corrected chi connectivity index (χ2v) is 7.13. The van der Waals surface area contributed by atoms with Crippen molar-refractivity contribution in [3.63, 3.8) is 0 Å². The minimum atomic E-state index is -0.112. The summed E-state index contributed by atoms with van der Waals surface area (Å²) in [6.07, 6.45) is 1.22. The number of hydrogen-bond acceptors (Lipinski definition) is 3. The van der Waals surface area contributed by atoms with Gasteiger partial charge >= 0.3 is 0 Å². The zero-order valence-corrected chi connectivity index (χ0v) is 15.1. The van der Waals surface area contributed by atoms with Gasteiger partial charge in [-0.1, -0.05) is 26.0 Å². The molecule has 3 unspecified atom stereocenters. The Kier molecular flexibility index (Phi) is 6.05. The van der Waals surface area contributed by atoms with Gasteiger partial charge in [0.1, 0.15) is 5.75 Å². The lowest BCUT2D eigenvalue weighted by atomic mass is 9.91. The minimum absolute atomic E-state index is 0.112. The highest BCUT2D eigenvalue weighted by atomic mass is 16.5. The third-order valence-electron chi connectivity index (χ3n) is 4.77. The predicted octanol–water partition coefficient (Wildman–Crippen LogP) is 3.02. The first kappa shape index (κ1) is 17.8. The molecule has 1 heterocycles. The molecule has 1 aliphatic rings. The van der Waals surface area contributed by atoms with Crippen LogP contribution in [0.3, 0.4) is 0 Å². The van der Waals surface area contributed by atoms with E-state index in [2.05, 4.69) is 24.8 Å². The first-order valence-corrected chi connectivity index (χ1v) is 8.52. The fraction of sp³-hybridized carbons (Fsp3) is 0.632. The summed E-state index contributed by atoms with van der Waals surface area (Å²) >= 11 is 0. The van der Waals surface area contributed by atoms with Crippen LogP contribution in [0.4, 0.5) is 0 Å². The van der Waals surface area contributed by atoms with Crippen LogP contribution in [0.1, 0.15) is 32.8 Å². The maximum atomic E-state index is 12.8. The SMILES string of the molecule is COc1cccc(CN(C)C(C)C(=O)N2CC(C)CC(C)C2)c1. The maximum absolute atomic E-state index is 12.8. The van der Waals surface area contributed by atoms with Crippen molar-refractivity contribution in [3.8, 4) is 5.75 Å². The van der Waals surface area contributed by atoms with Crippen molar-refractivity contribution in [2.75, 3.05) is 27.2 Å². The highest BCUT2D eigenvalue weighted by Gasteiger charge is 2.29. The van der Waals surface area contributed by atoms with Gasteiger partial charge < -0.3 is 9.64 Å². The van der Waals surface area contributed by atoms with Gasteiger partial charge in [-0.05, 0) is 49.9 Å². The van der Waals surface area contributed by atoms with Crippen molar-refractivity contribution in [1.82, 2.24) is 9.80 Å². The third kappa shape index (κ3) is 4.71. The van der Waals surface area contributed by atoms with Gasteiger partial charge in [0.25, 0.3) is 0 Å². The van der Waals surface area contributed by atoms with Crippen LogP contribution in [0.15, 0.2) is 24.3 Å². The van der Waals surface area contributed by atoms with E-state index in [9.17, 15) is 4.79 Å². The molecule has 3 atom stereocenters. The monoisotopic (exact) mass is 318 g/mol. The molecule has 2 rings (SSSR count). The average molecular weight is 318 g/mol. The summed E-state index contributed by atoms with van der Waals surface area (Å²) in [6.45, 7) is 9.00. The number of carbonyl (C=O) groups excluding carboxylic acids is 1. The van der Waals surface area contributed by atoms with Gasteiger partial charge in [-0.2, -0.15) is 0 Å². The molecule has 1 aromatic carbocycles. The van der Waals surface area contributed by atoms with Gasteiger partial charge in [-0.25, -0.2) is 0 Å². The van der Waals surface area contributed by atoms with Gasteiger partial charge in [-0.15, -0.1) is 0 Å². The summed E-state index contributed by atoms with van der Waals surface area (Å²) < 4.78 is 5.27. The van der Waals surface area contributed by atoms with E-state index >= 15 is 0 Å². The van der Waals surface area contributed by atoms with E-state index in [1.165, 1.54) is 6.42 Å². The largest absolute Gasteiger partial charge is 0.497 e. The van der Waals surface area contributed by atoms with Crippen molar-refractivity contribution in [2.45, 2.75) is 39.8 Å². The molecule has 128 valence electrons. The Morgan fingerprint density at radius 3 is 2.61 bits per heavy atom. The van der Waals surface area contributed by atoms with Gasteiger partial charge in [0, 0.05) is 19.6 Å². The minimum Gasteiger partial charge on any atom is -0.497 e. The number of carbonyl (C=O) groups is 1. The van der Waals surface area contributed by atoms with Crippen molar-refractivity contribution >= 4 is 5.91 Å². The summed E-state index contributed by atoms with van der Waals surface area (Å²) in [4.78, 5) is 17.0. The van der Waals surface area contributed by atoms with E-state index in [0.29, 0.717) is 11.8 Å². The number of nitrogens with zero attached hydrogens (tertiary/aromatic N) is 2. The lowest BCUT2D eigenvalue weighted by Crippen LogP contribution is -2.50. The Hall–Kier alpha value is -1.55. The molecule has 0 aromatic heterocycles. The number of piperidine rings is 1. The topological polar surface area (TPSA) is 32.8 Å². The van der Waals surface area contributed by atoms with Crippen LogP contribution in [0.25, 0.3) is 0 Å². The third-order valence-corrected chi connectivity index (χ3v) is 4.77. The molecule has 4 heteroatoms. The fourth-order valence-corrected chi connectivity index (χ4v) is 3.49. The number of amides is 1. The molecule has 1 fully saturated rings. The molecular weight excluding hydrogens is 288 g/mol. The predicted molar refractivity (Wildman–Crippen MR) is 93.4 cm³/mol. The van der Waals surface area contributed by atoms with Crippen molar-refractivity contribution < 1.29 is 9.53 Å². The molecule has 1 aliphatic heterocycles. The summed E-state index contributed by atoms with van der Waals surface area (Å²) in [5, 5.41) is 0. The molecule has 0 radical (unpaired) electrons. The van der Waals surface area contributed by atoms with Crippen molar-refractivity contribution in [3.05, 3.63) is 29.8 Å². The quantitative estimate of drug-likeness (QED) is 0.836. The molecule has 0 saturated carbocycles. The second-order valence-electron chi connectivity index (χ2n) is 7.13. The second kappa shape index (κ2) is 7.82. The van der Waals surface area contributed by atoms with Gasteiger partial charge in [0.15, 0.2) is 0 Å². The smallest absolute Gasteiger partial charge is 0.239 e. The van der Waals surface area contributed by atoms with Crippen LogP contribution in [0.2, 0.25) is 0 Å². The summed E-state index contributed by atoms with van der Waals surface area (Å²) in [5.41, 5.74) is 1.16. The molecule has 4 nitrogen and oxygen atoms in total. The van der Waals surface area contributed by atoms with Gasteiger partial charge in [0.2, 0.25) is 5.91 Å². The normalized spacial score (nSPS) is 23.0.